The highest BCUT2D eigenvalue weighted by molar-refractivity contribution is 14.0. The Morgan fingerprint density at radius 2 is 2.24 bits per heavy atom. The maximum atomic E-state index is 11.6. The fourth-order valence-corrected chi connectivity index (χ4v) is 3.03. The molecule has 0 unspecified atom stereocenters. The van der Waals surface area contributed by atoms with E-state index in [0.717, 1.165) is 18.9 Å². The number of thiophene rings is 1. The normalized spacial score (nSPS) is 11.0. The molecule has 8 heteroatoms. The molecular formula is C17H24IN3O3S. The number of nitrogens with zero attached hydrogens (tertiary/aromatic N) is 2. The summed E-state index contributed by atoms with van der Waals surface area (Å²) in [6.45, 7) is 3.07. The molecule has 0 aromatic carbocycles. The van der Waals surface area contributed by atoms with Crippen molar-refractivity contribution in [3.8, 4) is 0 Å². The summed E-state index contributed by atoms with van der Waals surface area (Å²) in [5.74, 6) is 1.61. The van der Waals surface area contributed by atoms with Crippen LogP contribution in [0.5, 0.6) is 0 Å². The largest absolute Gasteiger partial charge is 0.465 e. The molecule has 2 aromatic rings. The van der Waals surface area contributed by atoms with Gasteiger partial charge in [0.05, 0.1) is 13.7 Å². The van der Waals surface area contributed by atoms with Crippen LogP contribution in [0, 0.1) is 6.92 Å². The predicted molar refractivity (Wildman–Crippen MR) is 111 cm³/mol. The van der Waals surface area contributed by atoms with E-state index >= 15 is 0 Å². The van der Waals surface area contributed by atoms with Crippen LogP contribution in [0.4, 0.5) is 0 Å². The minimum atomic E-state index is -0.389. The van der Waals surface area contributed by atoms with E-state index in [1.54, 1.807) is 31.4 Å². The van der Waals surface area contributed by atoms with Crippen LogP contribution in [0.15, 0.2) is 33.0 Å². The summed E-state index contributed by atoms with van der Waals surface area (Å²) in [5, 5.41) is 5.33. The highest BCUT2D eigenvalue weighted by Crippen LogP contribution is 2.15. The molecule has 0 aliphatic heterocycles. The van der Waals surface area contributed by atoms with Crippen molar-refractivity contribution >= 4 is 47.2 Å². The summed E-state index contributed by atoms with van der Waals surface area (Å²) < 4.78 is 10.3. The minimum absolute atomic E-state index is 0. The Bertz CT molecular complexity index is 698. The first-order valence-electron chi connectivity index (χ1n) is 7.67. The number of halogens is 1. The third-order valence-electron chi connectivity index (χ3n) is 3.64. The highest BCUT2D eigenvalue weighted by atomic mass is 127. The molecule has 2 aromatic heterocycles. The van der Waals surface area contributed by atoms with E-state index in [4.69, 9.17) is 9.15 Å². The van der Waals surface area contributed by atoms with E-state index in [2.05, 4.69) is 32.7 Å². The lowest BCUT2D eigenvalue weighted by molar-refractivity contribution is 0.0599. The number of rotatable bonds is 6. The predicted octanol–water partition coefficient (Wildman–Crippen LogP) is 3.30. The molecule has 25 heavy (non-hydrogen) atoms. The lowest BCUT2D eigenvalue weighted by atomic mass is 10.2. The second-order valence-electron chi connectivity index (χ2n) is 5.33. The molecule has 1 N–H and O–H groups in total. The van der Waals surface area contributed by atoms with Gasteiger partial charge in [-0.25, -0.2) is 4.79 Å². The summed E-state index contributed by atoms with van der Waals surface area (Å²) in [6, 6.07) is 5.90. The second-order valence-corrected chi connectivity index (χ2v) is 6.36. The summed E-state index contributed by atoms with van der Waals surface area (Å²) in [7, 11) is 5.10. The number of carbonyl (C=O) groups excluding carboxylic acids is 1. The number of hydrogen-bond donors (Lipinski definition) is 1. The minimum Gasteiger partial charge on any atom is -0.465 e. The standard InChI is InChI=1S/C17H23N3O3S.HI/c1-12-15(16(21)22-4)10-13(23-12)11-19-17(18-2)20(3)8-7-14-6-5-9-24-14;/h5-6,9-10H,7-8,11H2,1-4H3,(H,18,19);1H. The number of furan rings is 1. The van der Waals surface area contributed by atoms with Crippen molar-refractivity contribution in [3.63, 3.8) is 0 Å². The Balaban J connectivity index is 0.00000312. The molecule has 0 radical (unpaired) electrons. The van der Waals surface area contributed by atoms with Crippen molar-refractivity contribution in [3.05, 3.63) is 45.5 Å². The van der Waals surface area contributed by atoms with Crippen LogP contribution in [0.2, 0.25) is 0 Å². The zero-order chi connectivity index (χ0) is 17.5. The SMILES string of the molecule is CN=C(NCc1cc(C(=O)OC)c(C)o1)N(C)CCc1cccs1.I. The number of methoxy groups -OCH3 is 1. The smallest absolute Gasteiger partial charge is 0.341 e. The van der Waals surface area contributed by atoms with Crippen molar-refractivity contribution in [2.75, 3.05) is 27.7 Å². The van der Waals surface area contributed by atoms with Gasteiger partial charge in [-0.1, -0.05) is 6.07 Å². The van der Waals surface area contributed by atoms with Crippen molar-refractivity contribution < 1.29 is 13.9 Å². The number of aryl methyl sites for hydroxylation is 1. The molecule has 0 spiro atoms. The van der Waals surface area contributed by atoms with Crippen LogP contribution in [0.1, 0.15) is 26.8 Å². The number of hydrogen-bond acceptors (Lipinski definition) is 5. The van der Waals surface area contributed by atoms with E-state index in [1.165, 1.54) is 12.0 Å². The van der Waals surface area contributed by atoms with Crippen molar-refractivity contribution in [1.82, 2.24) is 10.2 Å². The topological polar surface area (TPSA) is 67.1 Å². The lowest BCUT2D eigenvalue weighted by Crippen LogP contribution is -2.39. The molecule has 0 saturated heterocycles. The molecule has 0 aliphatic rings. The van der Waals surface area contributed by atoms with Gasteiger partial charge in [0.1, 0.15) is 17.1 Å². The summed E-state index contributed by atoms with van der Waals surface area (Å²) >= 11 is 1.76. The van der Waals surface area contributed by atoms with Gasteiger partial charge in [0.2, 0.25) is 0 Å². The first-order chi connectivity index (χ1) is 11.5. The Hall–Kier alpha value is -1.55. The van der Waals surface area contributed by atoms with Crippen LogP contribution in [0.25, 0.3) is 0 Å². The number of likely N-dealkylation sites (N-methyl/N-ethyl adjacent to an activating group) is 1. The van der Waals surface area contributed by atoms with Crippen LogP contribution in [-0.2, 0) is 17.7 Å². The van der Waals surface area contributed by atoms with Crippen LogP contribution in [0.3, 0.4) is 0 Å². The molecule has 138 valence electrons. The van der Waals surface area contributed by atoms with Crippen molar-refractivity contribution in [1.29, 1.82) is 0 Å². The van der Waals surface area contributed by atoms with Gasteiger partial charge in [0, 0.05) is 25.5 Å². The third kappa shape index (κ3) is 6.03. The zero-order valence-electron chi connectivity index (χ0n) is 14.9. The molecule has 0 amide bonds. The molecule has 0 bridgehead atoms. The second kappa shape index (κ2) is 10.4. The van der Waals surface area contributed by atoms with Gasteiger partial charge in [-0.15, -0.1) is 35.3 Å². The van der Waals surface area contributed by atoms with Crippen LogP contribution in [-0.4, -0.2) is 44.6 Å². The molecular weight excluding hydrogens is 453 g/mol. The quantitative estimate of drug-likeness (QED) is 0.299. The fourth-order valence-electron chi connectivity index (χ4n) is 2.33. The number of guanidine groups is 1. The molecule has 6 nitrogen and oxygen atoms in total. The monoisotopic (exact) mass is 477 g/mol. The Morgan fingerprint density at radius 3 is 2.84 bits per heavy atom. The van der Waals surface area contributed by atoms with E-state index in [9.17, 15) is 4.79 Å². The van der Waals surface area contributed by atoms with E-state index in [0.29, 0.717) is 23.6 Å². The Labute approximate surface area is 169 Å². The van der Waals surface area contributed by atoms with Crippen LogP contribution >= 0.6 is 35.3 Å². The number of nitrogens with one attached hydrogen (secondary N) is 1. The third-order valence-corrected chi connectivity index (χ3v) is 4.58. The lowest BCUT2D eigenvalue weighted by Gasteiger charge is -2.21. The van der Waals surface area contributed by atoms with Gasteiger partial charge in [-0.2, -0.15) is 0 Å². The van der Waals surface area contributed by atoms with Gasteiger partial charge in [-0.05, 0) is 30.9 Å². The van der Waals surface area contributed by atoms with Crippen molar-refractivity contribution in [2.45, 2.75) is 19.9 Å². The van der Waals surface area contributed by atoms with Crippen LogP contribution < -0.4 is 5.32 Å². The average Bonchev–Trinajstić information content (AvgIpc) is 3.22. The van der Waals surface area contributed by atoms with Gasteiger partial charge < -0.3 is 19.4 Å². The molecule has 2 heterocycles. The van der Waals surface area contributed by atoms with E-state index < -0.39 is 0 Å². The van der Waals surface area contributed by atoms with Gasteiger partial charge >= 0.3 is 5.97 Å². The van der Waals surface area contributed by atoms with E-state index in [1.807, 2.05) is 7.05 Å². The molecule has 0 atom stereocenters. The van der Waals surface area contributed by atoms with E-state index in [-0.39, 0.29) is 29.9 Å². The summed E-state index contributed by atoms with van der Waals surface area (Å²) in [5.41, 5.74) is 0.454. The Kier molecular flexibility index (Phi) is 8.98. The van der Waals surface area contributed by atoms with Gasteiger partial charge in [0.15, 0.2) is 5.96 Å². The number of carbonyl (C=O) groups is 1. The summed E-state index contributed by atoms with van der Waals surface area (Å²) in [6.07, 6.45) is 0.973. The molecule has 0 saturated carbocycles. The first-order valence-corrected chi connectivity index (χ1v) is 8.55. The highest BCUT2D eigenvalue weighted by Gasteiger charge is 2.16. The Morgan fingerprint density at radius 1 is 1.48 bits per heavy atom. The average molecular weight is 477 g/mol. The maximum absolute atomic E-state index is 11.6. The molecule has 2 rings (SSSR count). The molecule has 0 aliphatic carbocycles. The first kappa shape index (κ1) is 21.5. The number of aliphatic imine (C=N–C) groups is 1. The number of ether oxygens (including phenoxy) is 1. The number of esters is 1. The summed E-state index contributed by atoms with van der Waals surface area (Å²) in [4.78, 5) is 19.3. The maximum Gasteiger partial charge on any atom is 0.341 e. The zero-order valence-corrected chi connectivity index (χ0v) is 18.0. The van der Waals surface area contributed by atoms with Gasteiger partial charge in [0.25, 0.3) is 0 Å². The van der Waals surface area contributed by atoms with Gasteiger partial charge in [-0.3, -0.25) is 4.99 Å². The van der Waals surface area contributed by atoms with Crippen molar-refractivity contribution in [2.24, 2.45) is 4.99 Å². The fraction of sp³-hybridized carbons (Fsp3) is 0.412. The molecule has 0 fully saturated rings.